The largest absolute Gasteiger partial charge is 0.480 e. The van der Waals surface area contributed by atoms with Crippen molar-refractivity contribution < 1.29 is 27.4 Å². The van der Waals surface area contributed by atoms with Crippen molar-refractivity contribution in [3.8, 4) is 11.5 Å². The van der Waals surface area contributed by atoms with E-state index >= 15 is 0 Å². The van der Waals surface area contributed by atoms with E-state index in [9.17, 15) is 18.0 Å². The Labute approximate surface area is 154 Å². The van der Waals surface area contributed by atoms with Gasteiger partial charge >= 0.3 is 6.18 Å². The molecule has 1 aliphatic rings. The molecule has 0 saturated carbocycles. The number of ether oxygens (including phenoxy) is 2. The normalized spacial score (nSPS) is 13.8. The lowest BCUT2D eigenvalue weighted by Gasteiger charge is -2.30. The lowest BCUT2D eigenvalue weighted by molar-refractivity contribution is -0.153. The van der Waals surface area contributed by atoms with Crippen LogP contribution in [-0.4, -0.2) is 31.8 Å². The molecule has 2 aromatic rings. The molecule has 0 bridgehead atoms. The molecule has 2 N–H and O–H groups in total. The van der Waals surface area contributed by atoms with Crippen molar-refractivity contribution in [1.82, 2.24) is 0 Å². The highest BCUT2D eigenvalue weighted by atomic mass is 19.4. The molecule has 1 heterocycles. The fraction of sp³-hybridized carbons (Fsp3) is 0.316. The minimum atomic E-state index is -4.46. The number of rotatable bonds is 5. The molecule has 3 rings (SSSR count). The summed E-state index contributed by atoms with van der Waals surface area (Å²) in [6.07, 6.45) is -2.89. The van der Waals surface area contributed by atoms with Crippen LogP contribution < -0.4 is 20.1 Å². The summed E-state index contributed by atoms with van der Waals surface area (Å²) in [6.45, 7) is -1.22. The number of carbonyl (C=O) groups is 1. The number of halogens is 3. The monoisotopic (exact) mass is 380 g/mol. The number of hydrogen-bond donors (Lipinski definition) is 1. The van der Waals surface area contributed by atoms with Crippen LogP contribution in [0.3, 0.4) is 0 Å². The molecule has 0 unspecified atom stereocenters. The van der Waals surface area contributed by atoms with E-state index in [1.54, 1.807) is 23.1 Å². The van der Waals surface area contributed by atoms with E-state index < -0.39 is 12.8 Å². The van der Waals surface area contributed by atoms with Gasteiger partial charge in [0.2, 0.25) is 0 Å². The first-order valence-corrected chi connectivity index (χ1v) is 8.44. The Morgan fingerprint density at radius 3 is 2.48 bits per heavy atom. The van der Waals surface area contributed by atoms with Gasteiger partial charge in [-0.05, 0) is 42.7 Å². The van der Waals surface area contributed by atoms with Crippen LogP contribution in [0.1, 0.15) is 12.0 Å². The molecule has 0 aliphatic carbocycles. The zero-order chi connectivity index (χ0) is 19.4. The number of benzene rings is 2. The smallest absolute Gasteiger partial charge is 0.422 e. The molecule has 2 aromatic carbocycles. The van der Waals surface area contributed by atoms with Crippen molar-refractivity contribution >= 4 is 17.3 Å². The van der Waals surface area contributed by atoms with E-state index in [1.165, 1.54) is 18.2 Å². The molecule has 0 saturated heterocycles. The number of nitrogens with zero attached hydrogens (tertiary/aromatic N) is 1. The number of amides is 1. The van der Waals surface area contributed by atoms with E-state index in [2.05, 4.69) is 0 Å². The van der Waals surface area contributed by atoms with Gasteiger partial charge in [0, 0.05) is 17.9 Å². The standard InChI is InChI=1S/C19H19F3N2O3/c20-19(21,22)12-27-17-9-2-1-8-16(17)26-11-18(25)24-10-4-5-13-14(23)6-3-7-15(13)24/h1-3,6-9H,4-5,10-12,23H2. The molecule has 8 heteroatoms. The molecule has 1 aliphatic heterocycles. The Kier molecular flexibility index (Phi) is 5.43. The first kappa shape index (κ1) is 18.9. The minimum Gasteiger partial charge on any atom is -0.480 e. The highest BCUT2D eigenvalue weighted by Crippen LogP contribution is 2.32. The molecular formula is C19H19F3N2O3. The number of carbonyl (C=O) groups excluding carboxylic acids is 1. The first-order chi connectivity index (χ1) is 12.8. The van der Waals surface area contributed by atoms with Crippen LogP contribution in [0, 0.1) is 0 Å². The van der Waals surface area contributed by atoms with Crippen LogP contribution in [0.5, 0.6) is 11.5 Å². The van der Waals surface area contributed by atoms with Gasteiger partial charge in [-0.1, -0.05) is 18.2 Å². The maximum atomic E-state index is 12.6. The van der Waals surface area contributed by atoms with Crippen LogP contribution >= 0.6 is 0 Å². The Morgan fingerprint density at radius 1 is 1.07 bits per heavy atom. The van der Waals surface area contributed by atoms with E-state index in [0.29, 0.717) is 12.2 Å². The molecule has 0 spiro atoms. The second-order valence-corrected chi connectivity index (χ2v) is 6.13. The van der Waals surface area contributed by atoms with Gasteiger partial charge in [0.1, 0.15) is 0 Å². The quantitative estimate of drug-likeness (QED) is 0.806. The van der Waals surface area contributed by atoms with Gasteiger partial charge in [0.15, 0.2) is 24.7 Å². The van der Waals surface area contributed by atoms with Crippen molar-refractivity contribution in [3.63, 3.8) is 0 Å². The predicted molar refractivity (Wildman–Crippen MR) is 95.0 cm³/mol. The van der Waals surface area contributed by atoms with E-state index in [-0.39, 0.29) is 24.0 Å². The molecule has 5 nitrogen and oxygen atoms in total. The van der Waals surface area contributed by atoms with E-state index in [4.69, 9.17) is 15.2 Å². The lowest BCUT2D eigenvalue weighted by Crippen LogP contribution is -2.38. The van der Waals surface area contributed by atoms with Gasteiger partial charge < -0.3 is 20.1 Å². The summed E-state index contributed by atoms with van der Waals surface area (Å²) >= 11 is 0. The van der Waals surface area contributed by atoms with E-state index in [0.717, 1.165) is 24.1 Å². The van der Waals surface area contributed by atoms with Crippen molar-refractivity contribution in [1.29, 1.82) is 0 Å². The molecule has 144 valence electrons. The number of nitrogen functional groups attached to an aromatic ring is 1. The van der Waals surface area contributed by atoms with Crippen LogP contribution in [-0.2, 0) is 11.2 Å². The highest BCUT2D eigenvalue weighted by Gasteiger charge is 2.29. The minimum absolute atomic E-state index is 0.0640. The Bertz CT molecular complexity index is 824. The van der Waals surface area contributed by atoms with Crippen LogP contribution in [0.4, 0.5) is 24.5 Å². The summed E-state index contributed by atoms with van der Waals surface area (Å²) in [7, 11) is 0. The van der Waals surface area contributed by atoms with Gasteiger partial charge in [-0.2, -0.15) is 13.2 Å². The topological polar surface area (TPSA) is 64.8 Å². The SMILES string of the molecule is Nc1cccc2c1CCCN2C(=O)COc1ccccc1OCC(F)(F)F. The number of hydrogen-bond acceptors (Lipinski definition) is 4. The summed E-state index contributed by atoms with van der Waals surface area (Å²) in [5.74, 6) is -0.280. The summed E-state index contributed by atoms with van der Waals surface area (Å²) < 4.78 is 47.3. The number of anilines is 2. The van der Waals surface area contributed by atoms with E-state index in [1.807, 2.05) is 6.07 Å². The Balaban J connectivity index is 1.68. The molecular weight excluding hydrogens is 361 g/mol. The summed E-state index contributed by atoms with van der Waals surface area (Å²) in [5, 5.41) is 0. The van der Waals surface area contributed by atoms with Crippen molar-refractivity contribution in [3.05, 3.63) is 48.0 Å². The zero-order valence-electron chi connectivity index (χ0n) is 14.5. The van der Waals surface area contributed by atoms with Crippen LogP contribution in [0.25, 0.3) is 0 Å². The van der Waals surface area contributed by atoms with Crippen molar-refractivity contribution in [2.24, 2.45) is 0 Å². The number of nitrogens with two attached hydrogens (primary N) is 1. The fourth-order valence-electron chi connectivity index (χ4n) is 2.98. The average molecular weight is 380 g/mol. The Hall–Kier alpha value is -2.90. The predicted octanol–water partition coefficient (Wildman–Crippen LogP) is 3.57. The Morgan fingerprint density at radius 2 is 1.78 bits per heavy atom. The van der Waals surface area contributed by atoms with Gasteiger partial charge in [-0.3, -0.25) is 4.79 Å². The maximum Gasteiger partial charge on any atom is 0.422 e. The summed E-state index contributed by atoms with van der Waals surface area (Å²) in [4.78, 5) is 14.2. The highest BCUT2D eigenvalue weighted by molar-refractivity contribution is 5.96. The number of para-hydroxylation sites is 2. The van der Waals surface area contributed by atoms with Gasteiger partial charge in [0.25, 0.3) is 5.91 Å². The number of fused-ring (bicyclic) bond motifs is 1. The van der Waals surface area contributed by atoms with Crippen molar-refractivity contribution in [2.75, 3.05) is 30.4 Å². The molecule has 27 heavy (non-hydrogen) atoms. The molecule has 0 fully saturated rings. The summed E-state index contributed by atoms with van der Waals surface area (Å²) in [5.41, 5.74) is 8.28. The third-order valence-electron chi connectivity index (χ3n) is 4.18. The fourth-order valence-corrected chi connectivity index (χ4v) is 2.98. The van der Waals surface area contributed by atoms with Gasteiger partial charge in [-0.25, -0.2) is 0 Å². The van der Waals surface area contributed by atoms with Crippen molar-refractivity contribution in [2.45, 2.75) is 19.0 Å². The average Bonchev–Trinajstić information content (AvgIpc) is 2.64. The van der Waals surface area contributed by atoms with Gasteiger partial charge in [0.05, 0.1) is 0 Å². The third-order valence-corrected chi connectivity index (χ3v) is 4.18. The number of alkyl halides is 3. The second kappa shape index (κ2) is 7.77. The molecule has 0 radical (unpaired) electrons. The zero-order valence-corrected chi connectivity index (χ0v) is 14.5. The lowest BCUT2D eigenvalue weighted by atomic mass is 10.00. The second-order valence-electron chi connectivity index (χ2n) is 6.13. The maximum absolute atomic E-state index is 12.6. The molecule has 1 amide bonds. The van der Waals surface area contributed by atoms with Crippen LogP contribution in [0.2, 0.25) is 0 Å². The molecule has 0 atom stereocenters. The first-order valence-electron chi connectivity index (χ1n) is 8.44. The van der Waals surface area contributed by atoms with Crippen LogP contribution in [0.15, 0.2) is 42.5 Å². The third kappa shape index (κ3) is 4.64. The summed E-state index contributed by atoms with van der Waals surface area (Å²) in [6, 6.07) is 11.3. The van der Waals surface area contributed by atoms with Gasteiger partial charge in [-0.15, -0.1) is 0 Å². The molecule has 0 aromatic heterocycles.